The Labute approximate surface area is 197 Å². The lowest BCUT2D eigenvalue weighted by atomic mass is 10.0. The highest BCUT2D eigenvalue weighted by Gasteiger charge is 2.39. The zero-order valence-corrected chi connectivity index (χ0v) is 19.6. The Kier molecular flexibility index (Phi) is 5.96. The van der Waals surface area contributed by atoms with E-state index in [4.69, 9.17) is 0 Å². The average Bonchev–Trinajstić information content (AvgIpc) is 3.52. The van der Waals surface area contributed by atoms with Gasteiger partial charge in [0.2, 0.25) is 0 Å². The van der Waals surface area contributed by atoms with E-state index < -0.39 is 11.7 Å². The minimum absolute atomic E-state index is 0.0782. The number of aliphatic hydroxyl groups is 1. The molecule has 2 aromatic rings. The number of hydrogen-bond acceptors (Lipinski definition) is 4. The predicted molar refractivity (Wildman–Crippen MR) is 121 cm³/mol. The van der Waals surface area contributed by atoms with Crippen molar-refractivity contribution in [2.24, 2.45) is 0 Å². The Hall–Kier alpha value is -2.39. The van der Waals surface area contributed by atoms with Gasteiger partial charge in [-0.05, 0) is 64.2 Å². The molecule has 1 amide bonds. The summed E-state index contributed by atoms with van der Waals surface area (Å²) in [5.74, 6) is 0.0600. The molecule has 1 aliphatic carbocycles. The number of rotatable bonds is 4. The first-order valence-corrected chi connectivity index (χ1v) is 12.2. The molecule has 3 aliphatic rings. The molecule has 9 heteroatoms. The molecular formula is C25H31F3N4O2. The molecule has 1 aromatic heterocycles. The number of likely N-dealkylation sites (tertiary alicyclic amines) is 2. The van der Waals surface area contributed by atoms with E-state index in [1.807, 2.05) is 4.90 Å². The molecule has 0 radical (unpaired) electrons. The molecule has 1 saturated carbocycles. The quantitative estimate of drug-likeness (QED) is 0.721. The molecule has 2 aliphatic heterocycles. The summed E-state index contributed by atoms with van der Waals surface area (Å²) in [5.41, 5.74) is 1.45. The normalized spacial score (nSPS) is 24.7. The van der Waals surface area contributed by atoms with E-state index in [0.29, 0.717) is 36.1 Å². The molecular weight excluding hydrogens is 445 g/mol. The van der Waals surface area contributed by atoms with Crippen molar-refractivity contribution in [3.05, 3.63) is 46.8 Å². The first-order chi connectivity index (χ1) is 16.1. The molecule has 3 heterocycles. The van der Waals surface area contributed by atoms with Crippen molar-refractivity contribution in [3.63, 3.8) is 0 Å². The molecule has 1 N–H and O–H groups in total. The first-order valence-electron chi connectivity index (χ1n) is 12.2. The second-order valence-electron chi connectivity index (χ2n) is 9.94. The van der Waals surface area contributed by atoms with Gasteiger partial charge in [0.1, 0.15) is 0 Å². The summed E-state index contributed by atoms with van der Waals surface area (Å²) in [5, 5.41) is 14.6. The number of amides is 1. The van der Waals surface area contributed by atoms with Gasteiger partial charge in [-0.3, -0.25) is 9.69 Å². The molecule has 34 heavy (non-hydrogen) atoms. The highest BCUT2D eigenvalue weighted by atomic mass is 19.4. The maximum Gasteiger partial charge on any atom is 0.416 e. The van der Waals surface area contributed by atoms with Crippen LogP contribution in [0.25, 0.3) is 5.69 Å². The number of piperidine rings is 1. The number of nitrogens with zero attached hydrogens (tertiary/aromatic N) is 4. The number of hydrogen-bond donors (Lipinski definition) is 1. The highest BCUT2D eigenvalue weighted by molar-refractivity contribution is 5.97. The number of aromatic nitrogens is 2. The molecule has 5 rings (SSSR count). The smallest absolute Gasteiger partial charge is 0.391 e. The number of benzene rings is 1. The van der Waals surface area contributed by atoms with Gasteiger partial charge >= 0.3 is 6.18 Å². The highest BCUT2D eigenvalue weighted by Crippen LogP contribution is 2.44. The van der Waals surface area contributed by atoms with Crippen molar-refractivity contribution in [3.8, 4) is 5.69 Å². The lowest BCUT2D eigenvalue weighted by Gasteiger charge is -2.39. The number of aryl methyl sites for hydroxylation is 1. The Balaban J connectivity index is 1.39. The van der Waals surface area contributed by atoms with Crippen LogP contribution in [0.5, 0.6) is 0 Å². The second-order valence-corrected chi connectivity index (χ2v) is 9.94. The van der Waals surface area contributed by atoms with Crippen LogP contribution in [0.3, 0.4) is 0 Å². The Morgan fingerprint density at radius 1 is 1.09 bits per heavy atom. The SMILES string of the molecule is Cc1nn(-c2cccc(C(F)(F)F)c2)c(C2CC2)c1C(=O)N1CCC(N2CCC(O)[C@H]2C)CC1. The van der Waals surface area contributed by atoms with Gasteiger partial charge in [0.05, 0.1) is 34.3 Å². The van der Waals surface area contributed by atoms with E-state index in [9.17, 15) is 23.1 Å². The summed E-state index contributed by atoms with van der Waals surface area (Å²) in [6.07, 6.45) is -0.429. The third-order valence-electron chi connectivity index (χ3n) is 7.68. The molecule has 2 saturated heterocycles. The molecule has 184 valence electrons. The fourth-order valence-corrected chi connectivity index (χ4v) is 5.58. The molecule has 1 unspecified atom stereocenters. The first kappa shape index (κ1) is 23.4. The number of aliphatic hydroxyl groups excluding tert-OH is 1. The zero-order chi connectivity index (χ0) is 24.2. The standard InChI is InChI=1S/C25H31F3N4O2/c1-15-22(24(34)30-11-8-19(9-12-30)31-13-10-21(33)16(31)2)23(17-6-7-17)32(29-15)20-5-3-4-18(14-20)25(26,27)28/h3-5,14,16-17,19,21,33H,6-13H2,1-2H3/t16-,21?/m1/s1. The minimum Gasteiger partial charge on any atom is -0.391 e. The van der Waals surface area contributed by atoms with Gasteiger partial charge in [-0.15, -0.1) is 0 Å². The second kappa shape index (κ2) is 8.68. The summed E-state index contributed by atoms with van der Waals surface area (Å²) in [7, 11) is 0. The van der Waals surface area contributed by atoms with Gasteiger partial charge in [0.15, 0.2) is 0 Å². The lowest BCUT2D eigenvalue weighted by molar-refractivity contribution is -0.137. The summed E-state index contributed by atoms with van der Waals surface area (Å²) in [6, 6.07) is 5.64. The van der Waals surface area contributed by atoms with Crippen LogP contribution in [-0.4, -0.2) is 68.4 Å². The van der Waals surface area contributed by atoms with Gasteiger partial charge in [-0.25, -0.2) is 4.68 Å². The van der Waals surface area contributed by atoms with Crippen molar-refractivity contribution < 1.29 is 23.1 Å². The van der Waals surface area contributed by atoms with E-state index in [1.54, 1.807) is 17.7 Å². The number of carbonyl (C=O) groups excluding carboxylic acids is 1. The van der Waals surface area contributed by atoms with E-state index in [1.165, 1.54) is 6.07 Å². The van der Waals surface area contributed by atoms with E-state index in [2.05, 4.69) is 16.9 Å². The fraction of sp³-hybridized carbons (Fsp3) is 0.600. The van der Waals surface area contributed by atoms with Crippen LogP contribution in [0.15, 0.2) is 24.3 Å². The van der Waals surface area contributed by atoms with Crippen LogP contribution in [0.4, 0.5) is 13.2 Å². The van der Waals surface area contributed by atoms with Crippen molar-refractivity contribution in [1.82, 2.24) is 19.6 Å². The maximum absolute atomic E-state index is 13.6. The van der Waals surface area contributed by atoms with Crippen molar-refractivity contribution in [2.45, 2.75) is 76.2 Å². The maximum atomic E-state index is 13.6. The van der Waals surface area contributed by atoms with Gasteiger partial charge in [0, 0.05) is 37.6 Å². The van der Waals surface area contributed by atoms with Crippen LogP contribution >= 0.6 is 0 Å². The predicted octanol–water partition coefficient (Wildman–Crippen LogP) is 4.14. The van der Waals surface area contributed by atoms with Gasteiger partial charge in [-0.2, -0.15) is 18.3 Å². The monoisotopic (exact) mass is 476 g/mol. The van der Waals surface area contributed by atoms with E-state index in [-0.39, 0.29) is 24.0 Å². The average molecular weight is 477 g/mol. The molecule has 0 spiro atoms. The van der Waals surface area contributed by atoms with E-state index >= 15 is 0 Å². The number of alkyl halides is 3. The van der Waals surface area contributed by atoms with Crippen LogP contribution in [0.1, 0.15) is 72.3 Å². The molecule has 1 aromatic carbocycles. The minimum atomic E-state index is -4.44. The molecule has 2 atom stereocenters. The third kappa shape index (κ3) is 4.24. The molecule has 6 nitrogen and oxygen atoms in total. The summed E-state index contributed by atoms with van der Waals surface area (Å²) in [6.45, 7) is 5.96. The lowest BCUT2D eigenvalue weighted by Crippen LogP contribution is -2.48. The van der Waals surface area contributed by atoms with Crippen LogP contribution in [0, 0.1) is 6.92 Å². The van der Waals surface area contributed by atoms with Crippen molar-refractivity contribution >= 4 is 5.91 Å². The van der Waals surface area contributed by atoms with Crippen LogP contribution < -0.4 is 0 Å². The topological polar surface area (TPSA) is 61.6 Å². The molecule has 0 bridgehead atoms. The van der Waals surface area contributed by atoms with Crippen LogP contribution in [-0.2, 0) is 6.18 Å². The number of carbonyl (C=O) groups is 1. The summed E-state index contributed by atoms with van der Waals surface area (Å²) >= 11 is 0. The summed E-state index contributed by atoms with van der Waals surface area (Å²) in [4.78, 5) is 17.8. The Bertz CT molecular complexity index is 1070. The van der Waals surface area contributed by atoms with E-state index in [0.717, 1.165) is 56.5 Å². The largest absolute Gasteiger partial charge is 0.416 e. The fourth-order valence-electron chi connectivity index (χ4n) is 5.58. The van der Waals surface area contributed by atoms with Crippen molar-refractivity contribution in [1.29, 1.82) is 0 Å². The zero-order valence-electron chi connectivity index (χ0n) is 19.6. The number of halogens is 3. The van der Waals surface area contributed by atoms with Gasteiger partial charge in [-0.1, -0.05) is 6.07 Å². The third-order valence-corrected chi connectivity index (χ3v) is 7.68. The Morgan fingerprint density at radius 2 is 1.79 bits per heavy atom. The van der Waals surface area contributed by atoms with Crippen LogP contribution in [0.2, 0.25) is 0 Å². The summed E-state index contributed by atoms with van der Waals surface area (Å²) < 4.78 is 41.4. The molecule has 3 fully saturated rings. The van der Waals surface area contributed by atoms with Gasteiger partial charge in [0.25, 0.3) is 5.91 Å². The van der Waals surface area contributed by atoms with Crippen molar-refractivity contribution in [2.75, 3.05) is 19.6 Å². The Morgan fingerprint density at radius 3 is 2.38 bits per heavy atom. The van der Waals surface area contributed by atoms with Gasteiger partial charge < -0.3 is 10.0 Å².